The van der Waals surface area contributed by atoms with Crippen LogP contribution in [0.5, 0.6) is 0 Å². The number of halogens is 1. The van der Waals surface area contributed by atoms with Gasteiger partial charge in [-0.05, 0) is 48.9 Å². The molecule has 0 heterocycles. The van der Waals surface area contributed by atoms with E-state index in [0.29, 0.717) is 22.6 Å². The molecule has 98 valence electrons. The Hall–Kier alpha value is -2.56. The number of rotatable bonds is 3. The normalized spacial score (nSPS) is 10.2. The van der Waals surface area contributed by atoms with Crippen LogP contribution in [-0.4, -0.2) is 11.1 Å². The van der Waals surface area contributed by atoms with Gasteiger partial charge in [-0.2, -0.15) is 0 Å². The van der Waals surface area contributed by atoms with Crippen molar-refractivity contribution in [2.24, 2.45) is 0 Å². The Balaban J connectivity index is 2.39. The van der Waals surface area contributed by atoms with Crippen molar-refractivity contribution in [1.29, 1.82) is 0 Å². The molecule has 2 aromatic carbocycles. The van der Waals surface area contributed by atoms with Gasteiger partial charge in [0, 0.05) is 11.4 Å². The number of benzene rings is 2. The average molecular weight is 260 g/mol. The number of aromatic carboxylic acids is 1. The van der Waals surface area contributed by atoms with Crippen LogP contribution in [0.4, 0.5) is 21.5 Å². The highest BCUT2D eigenvalue weighted by atomic mass is 19.1. The second kappa shape index (κ2) is 4.97. The van der Waals surface area contributed by atoms with E-state index in [1.54, 1.807) is 13.0 Å². The molecule has 2 rings (SSSR count). The molecule has 0 atom stereocenters. The summed E-state index contributed by atoms with van der Waals surface area (Å²) >= 11 is 0. The molecule has 0 aromatic heterocycles. The van der Waals surface area contributed by atoms with E-state index in [1.807, 2.05) is 0 Å². The Kier molecular flexibility index (Phi) is 3.37. The number of anilines is 3. The number of carbonyl (C=O) groups is 1. The lowest BCUT2D eigenvalue weighted by atomic mass is 10.1. The number of hydrogen-bond donors (Lipinski definition) is 3. The quantitative estimate of drug-likeness (QED) is 0.741. The van der Waals surface area contributed by atoms with Gasteiger partial charge in [0.1, 0.15) is 5.82 Å². The van der Waals surface area contributed by atoms with Crippen molar-refractivity contribution in [3.63, 3.8) is 0 Å². The topological polar surface area (TPSA) is 75.3 Å². The zero-order chi connectivity index (χ0) is 14.0. The Morgan fingerprint density at radius 2 is 2.00 bits per heavy atom. The van der Waals surface area contributed by atoms with Gasteiger partial charge in [-0.1, -0.05) is 0 Å². The summed E-state index contributed by atoms with van der Waals surface area (Å²) in [6.45, 7) is 1.64. The first-order chi connectivity index (χ1) is 8.97. The number of aryl methyl sites for hydroxylation is 1. The van der Waals surface area contributed by atoms with Gasteiger partial charge in [0.15, 0.2) is 0 Å². The number of nitrogen functional groups attached to an aromatic ring is 1. The van der Waals surface area contributed by atoms with Crippen molar-refractivity contribution < 1.29 is 14.3 Å². The Morgan fingerprint density at radius 1 is 1.26 bits per heavy atom. The molecule has 0 aliphatic heterocycles. The highest BCUT2D eigenvalue weighted by molar-refractivity contribution is 5.96. The summed E-state index contributed by atoms with van der Waals surface area (Å²) in [5, 5.41) is 12.0. The molecule has 0 radical (unpaired) electrons. The van der Waals surface area contributed by atoms with Crippen LogP contribution in [0.2, 0.25) is 0 Å². The van der Waals surface area contributed by atoms with Crippen molar-refractivity contribution in [3.8, 4) is 0 Å². The van der Waals surface area contributed by atoms with Crippen LogP contribution in [0.1, 0.15) is 15.9 Å². The van der Waals surface area contributed by atoms with E-state index in [9.17, 15) is 9.18 Å². The monoisotopic (exact) mass is 260 g/mol. The van der Waals surface area contributed by atoms with Gasteiger partial charge in [0.2, 0.25) is 0 Å². The van der Waals surface area contributed by atoms with Crippen molar-refractivity contribution in [2.75, 3.05) is 11.1 Å². The van der Waals surface area contributed by atoms with Crippen LogP contribution in [0, 0.1) is 12.7 Å². The SMILES string of the molecule is Cc1cc(Nc2cc(N)ccc2C(=O)O)ccc1F. The second-order valence-electron chi connectivity index (χ2n) is 4.20. The Labute approximate surface area is 109 Å². The first kappa shape index (κ1) is 12.9. The van der Waals surface area contributed by atoms with Gasteiger partial charge in [-0.3, -0.25) is 0 Å². The minimum absolute atomic E-state index is 0.108. The molecule has 0 saturated carbocycles. The maximum atomic E-state index is 13.2. The standard InChI is InChI=1S/C14H13FN2O2/c1-8-6-10(3-5-12(8)15)17-13-7-9(16)2-4-11(13)14(18)19/h2-7,17H,16H2,1H3,(H,18,19). The van der Waals surface area contributed by atoms with Crippen molar-refractivity contribution in [2.45, 2.75) is 6.92 Å². The van der Waals surface area contributed by atoms with Crippen LogP contribution < -0.4 is 11.1 Å². The van der Waals surface area contributed by atoms with E-state index < -0.39 is 5.97 Å². The largest absolute Gasteiger partial charge is 0.478 e. The van der Waals surface area contributed by atoms with Gasteiger partial charge in [-0.25, -0.2) is 9.18 Å². The number of carboxylic acids is 1. The molecule has 0 spiro atoms. The fraction of sp³-hybridized carbons (Fsp3) is 0.0714. The predicted octanol–water partition coefficient (Wildman–Crippen LogP) is 3.16. The summed E-state index contributed by atoms with van der Waals surface area (Å²) in [6.07, 6.45) is 0. The van der Waals surface area contributed by atoms with E-state index in [2.05, 4.69) is 5.32 Å². The highest BCUT2D eigenvalue weighted by Crippen LogP contribution is 2.24. The van der Waals surface area contributed by atoms with Gasteiger partial charge < -0.3 is 16.2 Å². The lowest BCUT2D eigenvalue weighted by Gasteiger charge is -2.11. The number of hydrogen-bond acceptors (Lipinski definition) is 3. The van der Waals surface area contributed by atoms with Crippen LogP contribution >= 0.6 is 0 Å². The van der Waals surface area contributed by atoms with Crippen molar-refractivity contribution in [3.05, 3.63) is 53.3 Å². The number of nitrogens with two attached hydrogens (primary N) is 1. The fourth-order valence-corrected chi connectivity index (χ4v) is 1.73. The molecule has 2 aromatic rings. The van der Waals surface area contributed by atoms with E-state index in [-0.39, 0.29) is 11.4 Å². The summed E-state index contributed by atoms with van der Waals surface area (Å²) < 4.78 is 13.2. The molecule has 4 N–H and O–H groups in total. The van der Waals surface area contributed by atoms with Crippen LogP contribution in [0.15, 0.2) is 36.4 Å². The van der Waals surface area contributed by atoms with Crippen molar-refractivity contribution in [1.82, 2.24) is 0 Å². The van der Waals surface area contributed by atoms with Gasteiger partial charge in [0.25, 0.3) is 0 Å². The van der Waals surface area contributed by atoms with Crippen molar-refractivity contribution >= 4 is 23.0 Å². The molecule has 0 fully saturated rings. The molecule has 4 nitrogen and oxygen atoms in total. The molecular formula is C14H13FN2O2. The van der Waals surface area contributed by atoms with E-state index in [4.69, 9.17) is 10.8 Å². The molecule has 0 aliphatic carbocycles. The lowest BCUT2D eigenvalue weighted by molar-refractivity contribution is 0.0698. The maximum Gasteiger partial charge on any atom is 0.337 e. The van der Waals surface area contributed by atoms with E-state index in [1.165, 1.54) is 30.3 Å². The molecular weight excluding hydrogens is 247 g/mol. The summed E-state index contributed by atoms with van der Waals surface area (Å²) in [5.41, 5.74) is 7.66. The highest BCUT2D eigenvalue weighted by Gasteiger charge is 2.10. The third-order valence-corrected chi connectivity index (χ3v) is 2.71. The summed E-state index contributed by atoms with van der Waals surface area (Å²) in [5.74, 6) is -1.36. The molecule has 5 heteroatoms. The number of nitrogens with one attached hydrogen (secondary N) is 1. The molecule has 0 aliphatic rings. The maximum absolute atomic E-state index is 13.2. The fourth-order valence-electron chi connectivity index (χ4n) is 1.73. The first-order valence-electron chi connectivity index (χ1n) is 5.63. The van der Waals surface area contributed by atoms with Gasteiger partial charge in [-0.15, -0.1) is 0 Å². The number of carboxylic acid groups (broad SMARTS) is 1. The Bertz CT molecular complexity index is 641. The van der Waals surface area contributed by atoms with Gasteiger partial charge >= 0.3 is 5.97 Å². The summed E-state index contributed by atoms with van der Waals surface area (Å²) in [4.78, 5) is 11.1. The lowest BCUT2D eigenvalue weighted by Crippen LogP contribution is -2.04. The zero-order valence-corrected chi connectivity index (χ0v) is 10.3. The van der Waals surface area contributed by atoms with Gasteiger partial charge in [0.05, 0.1) is 11.3 Å². The minimum Gasteiger partial charge on any atom is -0.478 e. The third kappa shape index (κ3) is 2.82. The van der Waals surface area contributed by atoms with E-state index >= 15 is 0 Å². The third-order valence-electron chi connectivity index (χ3n) is 2.71. The van der Waals surface area contributed by atoms with E-state index in [0.717, 1.165) is 0 Å². The molecule has 0 saturated heterocycles. The van der Waals surface area contributed by atoms with Crippen LogP contribution in [-0.2, 0) is 0 Å². The van der Waals surface area contributed by atoms with Crippen LogP contribution in [0.3, 0.4) is 0 Å². The zero-order valence-electron chi connectivity index (χ0n) is 10.3. The molecule has 0 unspecified atom stereocenters. The second-order valence-corrected chi connectivity index (χ2v) is 4.20. The Morgan fingerprint density at radius 3 is 2.63 bits per heavy atom. The summed E-state index contributed by atoms with van der Waals surface area (Å²) in [7, 11) is 0. The smallest absolute Gasteiger partial charge is 0.337 e. The first-order valence-corrected chi connectivity index (χ1v) is 5.63. The average Bonchev–Trinajstić information content (AvgIpc) is 2.33. The predicted molar refractivity (Wildman–Crippen MR) is 72.2 cm³/mol. The van der Waals surface area contributed by atoms with Crippen LogP contribution in [0.25, 0.3) is 0 Å². The molecule has 19 heavy (non-hydrogen) atoms. The minimum atomic E-state index is -1.05. The summed E-state index contributed by atoms with van der Waals surface area (Å²) in [6, 6.07) is 8.94. The molecule has 0 bridgehead atoms. The molecule has 0 amide bonds.